The van der Waals surface area contributed by atoms with Gasteiger partial charge >= 0.3 is 0 Å². The summed E-state index contributed by atoms with van der Waals surface area (Å²) in [5, 5.41) is 0. The van der Waals surface area contributed by atoms with Crippen molar-refractivity contribution in [2.75, 3.05) is 13.1 Å². The molecular formula is C15H21ClF2N2O. The summed E-state index contributed by atoms with van der Waals surface area (Å²) in [5.74, 6) is -1.55. The number of aryl methyl sites for hydroxylation is 1. The van der Waals surface area contributed by atoms with Crippen molar-refractivity contribution in [3.8, 4) is 0 Å². The van der Waals surface area contributed by atoms with E-state index >= 15 is 0 Å². The van der Waals surface area contributed by atoms with E-state index in [1.807, 2.05) is 6.92 Å². The molecule has 2 unspecified atom stereocenters. The number of hydrogen-bond acceptors (Lipinski definition) is 2. The van der Waals surface area contributed by atoms with E-state index < -0.39 is 17.5 Å². The summed E-state index contributed by atoms with van der Waals surface area (Å²) >= 11 is 0. The molecule has 118 valence electrons. The maximum absolute atomic E-state index is 13.8. The van der Waals surface area contributed by atoms with E-state index in [-0.39, 0.29) is 29.6 Å². The summed E-state index contributed by atoms with van der Waals surface area (Å²) in [6, 6.07) is 1.97. The fourth-order valence-corrected chi connectivity index (χ4v) is 2.84. The predicted octanol–water partition coefficient (Wildman–Crippen LogP) is 2.89. The van der Waals surface area contributed by atoms with Crippen molar-refractivity contribution in [2.24, 2.45) is 11.7 Å². The molecule has 1 aliphatic heterocycles. The Labute approximate surface area is 129 Å². The van der Waals surface area contributed by atoms with E-state index in [1.165, 1.54) is 13.0 Å². The van der Waals surface area contributed by atoms with Gasteiger partial charge in [0.15, 0.2) is 0 Å². The Kier molecular flexibility index (Phi) is 6.10. The molecule has 0 aromatic heterocycles. The molecule has 0 spiro atoms. The number of piperidine rings is 1. The molecule has 1 aliphatic rings. The molecule has 1 aromatic rings. The van der Waals surface area contributed by atoms with Crippen LogP contribution in [0.25, 0.3) is 0 Å². The van der Waals surface area contributed by atoms with Gasteiger partial charge in [-0.3, -0.25) is 4.79 Å². The number of hydrogen-bond donors (Lipinski definition) is 1. The fraction of sp³-hybridized carbons (Fsp3) is 0.533. The Morgan fingerprint density at radius 1 is 1.38 bits per heavy atom. The SMILES string of the molecule is Cc1cc(C(=O)N2CCCC(C)C2CN)c(F)cc1F.Cl. The van der Waals surface area contributed by atoms with Crippen LogP contribution in [0.15, 0.2) is 12.1 Å². The minimum absolute atomic E-state index is 0. The van der Waals surface area contributed by atoms with Crippen LogP contribution in [-0.4, -0.2) is 29.9 Å². The lowest BCUT2D eigenvalue weighted by Gasteiger charge is -2.39. The molecule has 21 heavy (non-hydrogen) atoms. The monoisotopic (exact) mass is 318 g/mol. The van der Waals surface area contributed by atoms with Crippen molar-refractivity contribution in [3.63, 3.8) is 0 Å². The lowest BCUT2D eigenvalue weighted by molar-refractivity contribution is 0.0527. The van der Waals surface area contributed by atoms with Crippen LogP contribution in [0.1, 0.15) is 35.7 Å². The van der Waals surface area contributed by atoms with E-state index in [0.29, 0.717) is 19.0 Å². The van der Waals surface area contributed by atoms with Gasteiger partial charge in [0.1, 0.15) is 11.6 Å². The van der Waals surface area contributed by atoms with Crippen molar-refractivity contribution in [1.29, 1.82) is 0 Å². The summed E-state index contributed by atoms with van der Waals surface area (Å²) < 4.78 is 27.1. The molecule has 2 N–H and O–H groups in total. The molecule has 6 heteroatoms. The maximum atomic E-state index is 13.8. The highest BCUT2D eigenvalue weighted by molar-refractivity contribution is 5.95. The molecule has 2 rings (SSSR count). The highest BCUT2D eigenvalue weighted by Gasteiger charge is 2.32. The molecule has 0 bridgehead atoms. The zero-order valence-corrected chi connectivity index (χ0v) is 13.1. The topological polar surface area (TPSA) is 46.3 Å². The molecule has 1 amide bonds. The molecule has 1 fully saturated rings. The van der Waals surface area contributed by atoms with Crippen LogP contribution in [0.5, 0.6) is 0 Å². The van der Waals surface area contributed by atoms with Gasteiger partial charge in [-0.1, -0.05) is 6.92 Å². The lowest BCUT2D eigenvalue weighted by Crippen LogP contribution is -2.51. The average Bonchev–Trinajstić information content (AvgIpc) is 2.41. The molecule has 0 saturated carbocycles. The van der Waals surface area contributed by atoms with Gasteiger partial charge in [-0.2, -0.15) is 0 Å². The van der Waals surface area contributed by atoms with Crippen molar-refractivity contribution in [3.05, 3.63) is 34.9 Å². The predicted molar refractivity (Wildman–Crippen MR) is 80.6 cm³/mol. The summed E-state index contributed by atoms with van der Waals surface area (Å²) in [7, 11) is 0. The number of carbonyl (C=O) groups excluding carboxylic acids is 1. The molecule has 3 nitrogen and oxygen atoms in total. The number of likely N-dealkylation sites (tertiary alicyclic amines) is 1. The van der Waals surface area contributed by atoms with Crippen LogP contribution in [0, 0.1) is 24.5 Å². The van der Waals surface area contributed by atoms with Crippen LogP contribution < -0.4 is 5.73 Å². The number of rotatable bonds is 2. The van der Waals surface area contributed by atoms with E-state index in [0.717, 1.165) is 18.9 Å². The molecule has 0 radical (unpaired) electrons. The number of carbonyl (C=O) groups is 1. The van der Waals surface area contributed by atoms with Gasteiger partial charge in [0.05, 0.1) is 5.56 Å². The Morgan fingerprint density at radius 3 is 2.67 bits per heavy atom. The van der Waals surface area contributed by atoms with Crippen molar-refractivity contribution >= 4 is 18.3 Å². The van der Waals surface area contributed by atoms with Gasteiger partial charge in [-0.25, -0.2) is 8.78 Å². The first kappa shape index (κ1) is 17.9. The molecule has 1 heterocycles. The van der Waals surface area contributed by atoms with E-state index in [4.69, 9.17) is 5.73 Å². The maximum Gasteiger partial charge on any atom is 0.257 e. The zero-order valence-electron chi connectivity index (χ0n) is 12.2. The third-order valence-electron chi connectivity index (χ3n) is 4.10. The third kappa shape index (κ3) is 3.52. The summed E-state index contributed by atoms with van der Waals surface area (Å²) in [6.45, 7) is 4.49. The average molecular weight is 319 g/mol. The third-order valence-corrected chi connectivity index (χ3v) is 4.10. The zero-order chi connectivity index (χ0) is 14.9. The first-order chi connectivity index (χ1) is 9.45. The number of benzene rings is 1. The Morgan fingerprint density at radius 2 is 2.05 bits per heavy atom. The number of nitrogens with two attached hydrogens (primary N) is 1. The summed E-state index contributed by atoms with van der Waals surface area (Å²) in [4.78, 5) is 14.1. The van der Waals surface area contributed by atoms with Gasteiger partial charge in [0.25, 0.3) is 5.91 Å². The van der Waals surface area contributed by atoms with Gasteiger partial charge in [0.2, 0.25) is 0 Å². The van der Waals surface area contributed by atoms with Crippen molar-refractivity contribution in [2.45, 2.75) is 32.7 Å². The number of amides is 1. The van der Waals surface area contributed by atoms with Crippen LogP contribution in [-0.2, 0) is 0 Å². The smallest absolute Gasteiger partial charge is 0.257 e. The minimum atomic E-state index is -0.813. The van der Waals surface area contributed by atoms with Crippen molar-refractivity contribution < 1.29 is 13.6 Å². The van der Waals surface area contributed by atoms with Gasteiger partial charge in [-0.05, 0) is 37.3 Å². The molecule has 1 saturated heterocycles. The fourth-order valence-electron chi connectivity index (χ4n) is 2.84. The van der Waals surface area contributed by atoms with E-state index in [1.54, 1.807) is 4.90 Å². The largest absolute Gasteiger partial charge is 0.334 e. The molecular weight excluding hydrogens is 298 g/mol. The number of halogens is 3. The Balaban J connectivity index is 0.00000220. The second-order valence-corrected chi connectivity index (χ2v) is 5.50. The standard InChI is InChI=1S/C15H20F2N2O.ClH/c1-9-4-3-5-19(14(9)8-18)15(20)11-6-10(2)12(16)7-13(11)17;/h6-7,9,14H,3-5,8,18H2,1-2H3;1H. The van der Waals surface area contributed by atoms with Crippen LogP contribution in [0.4, 0.5) is 8.78 Å². The Hall–Kier alpha value is -1.20. The van der Waals surface area contributed by atoms with Crippen molar-refractivity contribution in [1.82, 2.24) is 4.90 Å². The molecule has 0 aliphatic carbocycles. The van der Waals surface area contributed by atoms with E-state index in [9.17, 15) is 13.6 Å². The first-order valence-corrected chi connectivity index (χ1v) is 6.92. The lowest BCUT2D eigenvalue weighted by atomic mass is 9.90. The summed E-state index contributed by atoms with van der Waals surface area (Å²) in [6.07, 6.45) is 1.89. The normalized spacial score (nSPS) is 21.9. The van der Waals surface area contributed by atoms with Gasteiger partial charge in [-0.15, -0.1) is 12.4 Å². The molecule has 1 aromatic carbocycles. The van der Waals surface area contributed by atoms with Gasteiger partial charge < -0.3 is 10.6 Å². The van der Waals surface area contributed by atoms with Gasteiger partial charge in [0, 0.05) is 25.2 Å². The van der Waals surface area contributed by atoms with Crippen LogP contribution in [0.3, 0.4) is 0 Å². The second kappa shape index (κ2) is 7.18. The van der Waals surface area contributed by atoms with Crippen LogP contribution in [0.2, 0.25) is 0 Å². The first-order valence-electron chi connectivity index (χ1n) is 6.92. The highest BCUT2D eigenvalue weighted by Crippen LogP contribution is 2.25. The quantitative estimate of drug-likeness (QED) is 0.911. The van der Waals surface area contributed by atoms with E-state index in [2.05, 4.69) is 0 Å². The Bertz CT molecular complexity index is 525. The summed E-state index contributed by atoms with van der Waals surface area (Å²) in [5.41, 5.74) is 5.94. The minimum Gasteiger partial charge on any atom is -0.334 e. The second-order valence-electron chi connectivity index (χ2n) is 5.50. The number of nitrogens with zero attached hydrogens (tertiary/aromatic N) is 1. The highest BCUT2D eigenvalue weighted by atomic mass is 35.5. The van der Waals surface area contributed by atoms with Crippen LogP contribution >= 0.6 is 12.4 Å². The molecule has 2 atom stereocenters.